The first-order valence-corrected chi connectivity index (χ1v) is 13.2. The monoisotopic (exact) mass is 436 g/mol. The van der Waals surface area contributed by atoms with Gasteiger partial charge in [0.1, 0.15) is 0 Å². The fourth-order valence-electron chi connectivity index (χ4n) is 9.25. The lowest BCUT2D eigenvalue weighted by Crippen LogP contribution is -2.60. The van der Waals surface area contributed by atoms with E-state index in [1.54, 1.807) is 0 Å². The summed E-state index contributed by atoms with van der Waals surface area (Å²) in [7, 11) is 0. The Morgan fingerprint density at radius 3 is 2.19 bits per heavy atom. The molecular weight excluding hydrogens is 388 g/mol. The number of hydrogen-bond donors (Lipinski definition) is 4. The van der Waals surface area contributed by atoms with Crippen LogP contribution >= 0.6 is 0 Å². The van der Waals surface area contributed by atoms with Gasteiger partial charge in [0, 0.05) is 0 Å². The van der Waals surface area contributed by atoms with Crippen molar-refractivity contribution in [3.8, 4) is 0 Å². The third-order valence-corrected chi connectivity index (χ3v) is 11.0. The second-order valence-electron chi connectivity index (χ2n) is 13.1. The summed E-state index contributed by atoms with van der Waals surface area (Å²) >= 11 is 0. The molecule has 4 nitrogen and oxygen atoms in total. The van der Waals surface area contributed by atoms with Gasteiger partial charge in [-0.2, -0.15) is 0 Å². The Morgan fingerprint density at radius 2 is 1.52 bits per heavy atom. The summed E-state index contributed by atoms with van der Waals surface area (Å²) in [6.07, 6.45) is 8.19. The molecule has 0 unspecified atom stereocenters. The van der Waals surface area contributed by atoms with Crippen LogP contribution in [0.25, 0.3) is 0 Å². The maximum absolute atomic E-state index is 11.6. The molecule has 0 aromatic heterocycles. The zero-order valence-corrected chi connectivity index (χ0v) is 20.6. The quantitative estimate of drug-likeness (QED) is 0.511. The zero-order valence-electron chi connectivity index (χ0n) is 20.6. The van der Waals surface area contributed by atoms with Crippen LogP contribution in [0.15, 0.2) is 0 Å². The van der Waals surface area contributed by atoms with Gasteiger partial charge < -0.3 is 20.4 Å². The molecule has 0 amide bonds. The molecule has 0 spiro atoms. The van der Waals surface area contributed by atoms with Gasteiger partial charge in [-0.15, -0.1) is 0 Å². The van der Waals surface area contributed by atoms with Crippen LogP contribution in [0.5, 0.6) is 0 Å². The van der Waals surface area contributed by atoms with Crippen molar-refractivity contribution >= 4 is 0 Å². The molecule has 4 rings (SSSR count). The number of hydrogen-bond acceptors (Lipinski definition) is 4. The average molecular weight is 437 g/mol. The van der Waals surface area contributed by atoms with E-state index in [0.717, 1.165) is 57.8 Å². The molecule has 4 aliphatic rings. The zero-order chi connectivity index (χ0) is 22.8. The summed E-state index contributed by atoms with van der Waals surface area (Å²) in [5.74, 6) is 2.49. The maximum Gasteiger partial charge on any atom is 0.0910 e. The van der Waals surface area contributed by atoms with Gasteiger partial charge in [0.05, 0.1) is 23.9 Å². The Labute approximate surface area is 189 Å². The Morgan fingerprint density at radius 1 is 0.871 bits per heavy atom. The third-order valence-electron chi connectivity index (χ3n) is 11.0. The van der Waals surface area contributed by atoms with Gasteiger partial charge in [-0.1, -0.05) is 27.7 Å². The molecule has 4 fully saturated rings. The van der Waals surface area contributed by atoms with E-state index in [9.17, 15) is 20.4 Å². The summed E-state index contributed by atoms with van der Waals surface area (Å²) in [5, 5.41) is 44.0. The van der Waals surface area contributed by atoms with E-state index in [2.05, 4.69) is 27.7 Å². The van der Waals surface area contributed by atoms with E-state index in [1.165, 1.54) is 0 Å². The SMILES string of the molecule is CC(C)CC[C@@H](O)[C@](C)(O)[C@H]1CC[C@H]2[C@@H]3C[C@H](O)[C@H]4C[C@@H](O)CC[C@]4(C)[C@H]3CC[C@]12C. The smallest absolute Gasteiger partial charge is 0.0910 e. The second-order valence-corrected chi connectivity index (χ2v) is 13.1. The summed E-state index contributed by atoms with van der Waals surface area (Å²) in [5.41, 5.74) is -0.902. The fraction of sp³-hybridized carbons (Fsp3) is 1.00. The van der Waals surface area contributed by atoms with Crippen LogP contribution in [0.3, 0.4) is 0 Å². The molecule has 0 aliphatic heterocycles. The highest BCUT2D eigenvalue weighted by Crippen LogP contribution is 2.68. The fourth-order valence-corrected chi connectivity index (χ4v) is 9.25. The molecule has 4 saturated carbocycles. The van der Waals surface area contributed by atoms with Crippen molar-refractivity contribution in [2.45, 2.75) is 123 Å². The minimum atomic E-state index is -1.06. The lowest BCUT2D eigenvalue weighted by Gasteiger charge is -2.62. The van der Waals surface area contributed by atoms with Crippen LogP contribution in [-0.2, 0) is 0 Å². The van der Waals surface area contributed by atoms with Crippen LogP contribution < -0.4 is 0 Å². The van der Waals surface area contributed by atoms with Gasteiger partial charge in [-0.3, -0.25) is 0 Å². The van der Waals surface area contributed by atoms with Crippen LogP contribution in [0.1, 0.15) is 98.8 Å². The van der Waals surface area contributed by atoms with Crippen molar-refractivity contribution in [1.82, 2.24) is 0 Å². The minimum absolute atomic E-state index is 0.0283. The standard InChI is InChI=1S/C27H48O4/c1-16(2)6-9-24(30)27(5,31)23-8-7-19-18-15-22(29)21-14-17(28)10-12-25(21,3)20(18)11-13-26(19,23)4/h16-24,28-31H,6-15H2,1-5H3/t17-,18-,19-,20-,21+,22-,23-,24+,25+,26-,27+/m0/s1. The van der Waals surface area contributed by atoms with Gasteiger partial charge in [0.15, 0.2) is 0 Å². The van der Waals surface area contributed by atoms with Crippen molar-refractivity contribution in [2.24, 2.45) is 46.3 Å². The molecule has 4 aliphatic carbocycles. The molecule has 0 aromatic rings. The summed E-state index contributed by atoms with van der Waals surface area (Å²) in [6.45, 7) is 11.0. The van der Waals surface area contributed by atoms with E-state index in [4.69, 9.17) is 0 Å². The molecule has 11 atom stereocenters. The van der Waals surface area contributed by atoms with Crippen molar-refractivity contribution in [1.29, 1.82) is 0 Å². The minimum Gasteiger partial charge on any atom is -0.393 e. The van der Waals surface area contributed by atoms with E-state index >= 15 is 0 Å². The number of fused-ring (bicyclic) bond motifs is 5. The van der Waals surface area contributed by atoms with Gasteiger partial charge in [0.25, 0.3) is 0 Å². The molecular formula is C27H48O4. The molecule has 0 radical (unpaired) electrons. The molecule has 0 saturated heterocycles. The van der Waals surface area contributed by atoms with Crippen molar-refractivity contribution < 1.29 is 20.4 Å². The predicted molar refractivity (Wildman–Crippen MR) is 123 cm³/mol. The Bertz CT molecular complexity index is 647. The molecule has 0 bridgehead atoms. The van der Waals surface area contributed by atoms with Crippen molar-refractivity contribution in [3.63, 3.8) is 0 Å². The summed E-state index contributed by atoms with van der Waals surface area (Å²) < 4.78 is 0. The first-order valence-electron chi connectivity index (χ1n) is 13.2. The van der Waals surface area contributed by atoms with Crippen LogP contribution in [0.4, 0.5) is 0 Å². The Hall–Kier alpha value is -0.160. The first-order chi connectivity index (χ1) is 14.4. The lowest BCUT2D eigenvalue weighted by molar-refractivity contribution is -0.188. The number of rotatable bonds is 5. The number of aliphatic hydroxyl groups excluding tert-OH is 3. The Kier molecular flexibility index (Phi) is 6.38. The predicted octanol–water partition coefficient (Wildman–Crippen LogP) is 4.53. The van der Waals surface area contributed by atoms with E-state index in [-0.39, 0.29) is 34.9 Å². The topological polar surface area (TPSA) is 80.9 Å². The number of aliphatic hydroxyl groups is 4. The normalized spacial score (nSPS) is 50.3. The highest BCUT2D eigenvalue weighted by molar-refractivity contribution is 5.13. The van der Waals surface area contributed by atoms with Gasteiger partial charge in [-0.05, 0) is 117 Å². The largest absolute Gasteiger partial charge is 0.393 e. The summed E-state index contributed by atoms with van der Waals surface area (Å²) in [4.78, 5) is 0. The molecule has 31 heavy (non-hydrogen) atoms. The maximum atomic E-state index is 11.6. The molecule has 180 valence electrons. The second kappa shape index (κ2) is 8.25. The van der Waals surface area contributed by atoms with Gasteiger partial charge in [0.2, 0.25) is 0 Å². The molecule has 4 heteroatoms. The van der Waals surface area contributed by atoms with Gasteiger partial charge >= 0.3 is 0 Å². The lowest BCUT2D eigenvalue weighted by atomic mass is 9.43. The molecule has 0 heterocycles. The van der Waals surface area contributed by atoms with Gasteiger partial charge in [-0.25, -0.2) is 0 Å². The van der Waals surface area contributed by atoms with Crippen molar-refractivity contribution in [2.75, 3.05) is 0 Å². The molecule has 4 N–H and O–H groups in total. The van der Waals surface area contributed by atoms with Crippen LogP contribution in [0.2, 0.25) is 0 Å². The highest BCUT2D eigenvalue weighted by Gasteiger charge is 2.64. The Balaban J connectivity index is 1.56. The van der Waals surface area contributed by atoms with E-state index < -0.39 is 11.7 Å². The van der Waals surface area contributed by atoms with Crippen molar-refractivity contribution in [3.05, 3.63) is 0 Å². The highest BCUT2D eigenvalue weighted by atomic mass is 16.3. The van der Waals surface area contributed by atoms with E-state index in [1.807, 2.05) is 6.92 Å². The molecule has 0 aromatic carbocycles. The van der Waals surface area contributed by atoms with Crippen LogP contribution in [0, 0.1) is 46.3 Å². The average Bonchev–Trinajstić information content (AvgIpc) is 3.05. The third kappa shape index (κ3) is 3.82. The first kappa shape index (κ1) is 24.0. The summed E-state index contributed by atoms with van der Waals surface area (Å²) in [6, 6.07) is 0. The van der Waals surface area contributed by atoms with Crippen LogP contribution in [-0.4, -0.2) is 44.3 Å². The van der Waals surface area contributed by atoms with E-state index in [0.29, 0.717) is 30.1 Å².